The molecule has 0 aliphatic rings. The first kappa shape index (κ1) is 15.9. The Balaban J connectivity index is 2.68. The van der Waals surface area contributed by atoms with Crippen molar-refractivity contribution in [1.29, 1.82) is 0 Å². The fraction of sp³-hybridized carbons (Fsp3) is 0.538. The van der Waals surface area contributed by atoms with Gasteiger partial charge in [0.1, 0.15) is 11.6 Å². The van der Waals surface area contributed by atoms with Crippen LogP contribution in [0, 0.1) is 6.92 Å². The molecule has 0 fully saturated rings. The number of aryl methyl sites for hydroxylation is 1. The van der Waals surface area contributed by atoms with E-state index in [4.69, 9.17) is 9.84 Å². The number of carboxylic acid groups (broad SMARTS) is 1. The summed E-state index contributed by atoms with van der Waals surface area (Å²) in [6.45, 7) is 6.89. The highest BCUT2D eigenvalue weighted by atomic mass is 16.6. The molecule has 1 aromatic heterocycles. The Morgan fingerprint density at radius 3 is 2.45 bits per heavy atom. The number of carboxylic acids is 1. The lowest BCUT2D eigenvalue weighted by molar-refractivity contribution is -0.139. The van der Waals surface area contributed by atoms with Crippen molar-refractivity contribution in [2.45, 2.75) is 45.8 Å². The molecule has 1 heterocycles. The average molecular weight is 281 g/mol. The number of carbonyl (C=O) groups is 2. The van der Waals surface area contributed by atoms with Gasteiger partial charge in [0.05, 0.1) is 11.4 Å². The topological polar surface area (TPSA) is 101 Å². The molecule has 0 aliphatic carbocycles. The van der Waals surface area contributed by atoms with E-state index in [-0.39, 0.29) is 6.42 Å². The summed E-state index contributed by atoms with van der Waals surface area (Å²) in [6.07, 6.45) is 2.30. The van der Waals surface area contributed by atoms with E-state index >= 15 is 0 Å². The van der Waals surface area contributed by atoms with Crippen molar-refractivity contribution in [2.24, 2.45) is 0 Å². The van der Waals surface area contributed by atoms with Gasteiger partial charge in [0.15, 0.2) is 0 Å². The van der Waals surface area contributed by atoms with Gasteiger partial charge in [0, 0.05) is 18.8 Å². The Morgan fingerprint density at radius 1 is 1.35 bits per heavy atom. The fourth-order valence-corrected chi connectivity index (χ4v) is 1.38. The Kier molecular flexibility index (Phi) is 5.01. The Hall–Kier alpha value is -2.18. The molecule has 1 unspecified atom stereocenters. The third-order valence-corrected chi connectivity index (χ3v) is 2.24. The first-order valence-corrected chi connectivity index (χ1v) is 6.17. The molecule has 110 valence electrons. The second-order valence-electron chi connectivity index (χ2n) is 5.39. The van der Waals surface area contributed by atoms with E-state index in [0.29, 0.717) is 5.69 Å². The van der Waals surface area contributed by atoms with Crippen LogP contribution in [0.25, 0.3) is 0 Å². The Bertz CT molecular complexity index is 479. The quantitative estimate of drug-likeness (QED) is 0.862. The number of nitrogens with one attached hydrogen (secondary N) is 1. The number of aliphatic carboxylic acids is 1. The number of ether oxygens (including phenoxy) is 1. The summed E-state index contributed by atoms with van der Waals surface area (Å²) in [5.41, 5.74) is 0.538. The van der Waals surface area contributed by atoms with Gasteiger partial charge in [-0.25, -0.2) is 9.59 Å². The van der Waals surface area contributed by atoms with Gasteiger partial charge in [-0.2, -0.15) is 0 Å². The van der Waals surface area contributed by atoms with Gasteiger partial charge in [-0.1, -0.05) is 0 Å². The zero-order chi connectivity index (χ0) is 15.3. The molecule has 1 amide bonds. The molecule has 0 aliphatic heterocycles. The number of amides is 1. The number of aromatic nitrogens is 2. The van der Waals surface area contributed by atoms with Crippen LogP contribution in [0.4, 0.5) is 4.79 Å². The van der Waals surface area contributed by atoms with Crippen molar-refractivity contribution < 1.29 is 19.4 Å². The SMILES string of the molecule is Cc1cnc(CC(NC(=O)OC(C)(C)C)C(=O)O)cn1. The molecule has 1 aromatic rings. The van der Waals surface area contributed by atoms with Crippen molar-refractivity contribution in [1.82, 2.24) is 15.3 Å². The first-order chi connectivity index (χ1) is 9.17. The predicted molar refractivity (Wildman–Crippen MR) is 71.3 cm³/mol. The van der Waals surface area contributed by atoms with Crippen LogP contribution in [0.1, 0.15) is 32.2 Å². The summed E-state index contributed by atoms with van der Waals surface area (Å²) in [5.74, 6) is -1.15. The lowest BCUT2D eigenvalue weighted by atomic mass is 10.1. The van der Waals surface area contributed by atoms with Gasteiger partial charge in [0.2, 0.25) is 0 Å². The van der Waals surface area contributed by atoms with Gasteiger partial charge in [-0.05, 0) is 27.7 Å². The predicted octanol–water partition coefficient (Wildman–Crippen LogP) is 1.31. The van der Waals surface area contributed by atoms with Gasteiger partial charge in [-0.3, -0.25) is 9.97 Å². The van der Waals surface area contributed by atoms with Crippen LogP contribution < -0.4 is 5.32 Å². The minimum Gasteiger partial charge on any atom is -0.480 e. The maximum Gasteiger partial charge on any atom is 0.408 e. The molecule has 2 N–H and O–H groups in total. The lowest BCUT2D eigenvalue weighted by Crippen LogP contribution is -2.44. The first-order valence-electron chi connectivity index (χ1n) is 6.17. The average Bonchev–Trinajstić information content (AvgIpc) is 2.28. The monoisotopic (exact) mass is 281 g/mol. The molecule has 0 saturated carbocycles. The van der Waals surface area contributed by atoms with Crippen LogP contribution in [0.2, 0.25) is 0 Å². The highest BCUT2D eigenvalue weighted by Gasteiger charge is 2.24. The third kappa shape index (κ3) is 5.64. The molecule has 0 spiro atoms. The van der Waals surface area contributed by atoms with Crippen molar-refractivity contribution in [3.63, 3.8) is 0 Å². The van der Waals surface area contributed by atoms with Gasteiger partial charge < -0.3 is 15.2 Å². The minimum absolute atomic E-state index is 0.0435. The second kappa shape index (κ2) is 6.31. The van der Waals surface area contributed by atoms with Crippen LogP contribution in [-0.4, -0.2) is 38.8 Å². The Labute approximate surface area is 117 Å². The van der Waals surface area contributed by atoms with E-state index in [1.165, 1.54) is 6.20 Å². The van der Waals surface area contributed by atoms with Crippen molar-refractivity contribution >= 4 is 12.1 Å². The fourth-order valence-electron chi connectivity index (χ4n) is 1.38. The molecular weight excluding hydrogens is 262 g/mol. The normalized spacial score (nSPS) is 12.6. The number of hydrogen-bond donors (Lipinski definition) is 2. The maximum absolute atomic E-state index is 11.6. The summed E-state index contributed by atoms with van der Waals surface area (Å²) < 4.78 is 5.03. The van der Waals surface area contributed by atoms with Crippen molar-refractivity contribution in [3.05, 3.63) is 23.8 Å². The van der Waals surface area contributed by atoms with E-state index in [1.54, 1.807) is 33.9 Å². The third-order valence-electron chi connectivity index (χ3n) is 2.24. The zero-order valence-corrected chi connectivity index (χ0v) is 12.0. The van der Waals surface area contributed by atoms with E-state index in [2.05, 4.69) is 15.3 Å². The van der Waals surface area contributed by atoms with E-state index in [0.717, 1.165) is 5.69 Å². The van der Waals surface area contributed by atoms with Crippen LogP contribution in [-0.2, 0) is 16.0 Å². The van der Waals surface area contributed by atoms with E-state index in [1.807, 2.05) is 0 Å². The van der Waals surface area contributed by atoms with Gasteiger partial charge in [0.25, 0.3) is 0 Å². The summed E-state index contributed by atoms with van der Waals surface area (Å²) in [4.78, 5) is 30.8. The number of alkyl carbamates (subject to hydrolysis) is 1. The Morgan fingerprint density at radius 2 is 2.00 bits per heavy atom. The molecule has 20 heavy (non-hydrogen) atoms. The highest BCUT2D eigenvalue weighted by molar-refractivity contribution is 5.80. The summed E-state index contributed by atoms with van der Waals surface area (Å²) in [7, 11) is 0. The number of hydrogen-bond acceptors (Lipinski definition) is 5. The highest BCUT2D eigenvalue weighted by Crippen LogP contribution is 2.07. The smallest absolute Gasteiger partial charge is 0.408 e. The summed E-state index contributed by atoms with van der Waals surface area (Å²) >= 11 is 0. The maximum atomic E-state index is 11.6. The van der Waals surface area contributed by atoms with Crippen molar-refractivity contribution in [2.75, 3.05) is 0 Å². The molecule has 0 radical (unpaired) electrons. The zero-order valence-electron chi connectivity index (χ0n) is 12.0. The van der Waals surface area contributed by atoms with Crippen molar-refractivity contribution in [3.8, 4) is 0 Å². The second-order valence-corrected chi connectivity index (χ2v) is 5.39. The minimum atomic E-state index is -1.15. The van der Waals surface area contributed by atoms with Gasteiger partial charge >= 0.3 is 12.1 Å². The standard InChI is InChI=1S/C13H19N3O4/c1-8-6-15-9(7-14-8)5-10(11(17)18)16-12(19)20-13(2,3)4/h6-7,10H,5H2,1-4H3,(H,16,19)(H,17,18). The van der Waals surface area contributed by atoms with E-state index in [9.17, 15) is 9.59 Å². The molecule has 7 heteroatoms. The van der Waals surface area contributed by atoms with Crippen LogP contribution >= 0.6 is 0 Å². The summed E-state index contributed by atoms with van der Waals surface area (Å²) in [5, 5.41) is 11.4. The number of nitrogens with zero attached hydrogens (tertiary/aromatic N) is 2. The molecule has 0 bridgehead atoms. The summed E-state index contributed by atoms with van der Waals surface area (Å²) in [6, 6.07) is -1.11. The lowest BCUT2D eigenvalue weighted by Gasteiger charge is -2.21. The van der Waals surface area contributed by atoms with Crippen LogP contribution in [0.5, 0.6) is 0 Å². The van der Waals surface area contributed by atoms with Crippen LogP contribution in [0.3, 0.4) is 0 Å². The molecule has 1 rings (SSSR count). The number of rotatable bonds is 4. The van der Waals surface area contributed by atoms with E-state index < -0.39 is 23.7 Å². The molecular formula is C13H19N3O4. The van der Waals surface area contributed by atoms with Gasteiger partial charge in [-0.15, -0.1) is 0 Å². The van der Waals surface area contributed by atoms with Crippen LogP contribution in [0.15, 0.2) is 12.4 Å². The molecule has 7 nitrogen and oxygen atoms in total. The molecule has 1 atom stereocenters. The number of carbonyl (C=O) groups excluding carboxylic acids is 1. The molecule has 0 saturated heterocycles. The largest absolute Gasteiger partial charge is 0.480 e. The molecule has 0 aromatic carbocycles.